The Labute approximate surface area is 126 Å². The average molecular weight is 282 g/mol. The summed E-state index contributed by atoms with van der Waals surface area (Å²) in [5, 5.41) is 0. The molecule has 1 aliphatic rings. The van der Waals surface area contributed by atoms with Crippen LogP contribution in [0.2, 0.25) is 0 Å². The van der Waals surface area contributed by atoms with E-state index in [0.717, 1.165) is 37.4 Å². The van der Waals surface area contributed by atoms with Gasteiger partial charge >= 0.3 is 0 Å². The molecule has 0 spiro atoms. The van der Waals surface area contributed by atoms with Crippen molar-refractivity contribution in [1.29, 1.82) is 0 Å². The van der Waals surface area contributed by atoms with Crippen molar-refractivity contribution in [2.45, 2.75) is 25.8 Å². The van der Waals surface area contributed by atoms with Crippen LogP contribution in [0.25, 0.3) is 0 Å². The second-order valence-corrected chi connectivity index (χ2v) is 5.65. The molecule has 2 N–H and O–H groups in total. The van der Waals surface area contributed by atoms with Gasteiger partial charge in [-0.1, -0.05) is 24.3 Å². The Kier molecular flexibility index (Phi) is 4.00. The van der Waals surface area contributed by atoms with Gasteiger partial charge in [0.05, 0.1) is 6.61 Å². The van der Waals surface area contributed by atoms with Gasteiger partial charge in [0, 0.05) is 30.0 Å². The van der Waals surface area contributed by atoms with Crippen LogP contribution < -0.4 is 15.4 Å². The highest BCUT2D eigenvalue weighted by Gasteiger charge is 2.24. The van der Waals surface area contributed by atoms with Gasteiger partial charge in [0.1, 0.15) is 5.75 Å². The summed E-state index contributed by atoms with van der Waals surface area (Å²) in [6.45, 7) is 4.04. The van der Waals surface area contributed by atoms with Gasteiger partial charge in [0.2, 0.25) is 0 Å². The molecule has 0 saturated carbocycles. The van der Waals surface area contributed by atoms with Crippen molar-refractivity contribution in [3.8, 4) is 5.75 Å². The van der Waals surface area contributed by atoms with Gasteiger partial charge in [-0.25, -0.2) is 0 Å². The fourth-order valence-corrected chi connectivity index (χ4v) is 3.00. The number of hydrogen-bond acceptors (Lipinski definition) is 3. The Hall–Kier alpha value is -2.16. The highest BCUT2D eigenvalue weighted by atomic mass is 16.5. The Morgan fingerprint density at radius 3 is 2.90 bits per heavy atom. The third-order valence-electron chi connectivity index (χ3n) is 4.02. The number of nitrogen functional groups attached to an aromatic ring is 1. The topological polar surface area (TPSA) is 38.5 Å². The minimum Gasteiger partial charge on any atom is -0.493 e. The summed E-state index contributed by atoms with van der Waals surface area (Å²) in [7, 11) is 0. The van der Waals surface area contributed by atoms with E-state index < -0.39 is 0 Å². The molecule has 0 aliphatic carbocycles. The van der Waals surface area contributed by atoms with Crippen molar-refractivity contribution < 1.29 is 4.74 Å². The number of ether oxygens (including phenoxy) is 1. The first kappa shape index (κ1) is 13.8. The number of benzene rings is 2. The van der Waals surface area contributed by atoms with Crippen LogP contribution in [0.1, 0.15) is 18.9 Å². The van der Waals surface area contributed by atoms with Crippen molar-refractivity contribution in [2.75, 3.05) is 23.8 Å². The molecule has 3 heteroatoms. The molecule has 2 aromatic rings. The maximum absolute atomic E-state index is 5.76. The maximum atomic E-state index is 5.76. The lowest BCUT2D eigenvalue weighted by atomic mass is 10.1. The summed E-state index contributed by atoms with van der Waals surface area (Å²) < 4.78 is 5.76. The minimum atomic E-state index is 0.578. The molecule has 0 bridgehead atoms. The van der Waals surface area contributed by atoms with E-state index in [9.17, 15) is 0 Å². The van der Waals surface area contributed by atoms with Crippen LogP contribution in [-0.4, -0.2) is 19.2 Å². The van der Waals surface area contributed by atoms with Gasteiger partial charge in [-0.3, -0.25) is 0 Å². The van der Waals surface area contributed by atoms with E-state index in [4.69, 9.17) is 10.5 Å². The third kappa shape index (κ3) is 3.13. The minimum absolute atomic E-state index is 0.578. The average Bonchev–Trinajstić information content (AvgIpc) is 2.79. The zero-order chi connectivity index (χ0) is 14.7. The molecule has 1 aliphatic heterocycles. The van der Waals surface area contributed by atoms with Gasteiger partial charge < -0.3 is 15.4 Å². The molecule has 2 aromatic carbocycles. The Morgan fingerprint density at radius 2 is 2.05 bits per heavy atom. The standard InChI is InChI=1S/C18H22N2O/c1-14-12-15-6-2-3-9-18(15)20(14)10-5-11-21-17-8-4-7-16(19)13-17/h2-4,6-9,13-14H,5,10-12,19H2,1H3. The summed E-state index contributed by atoms with van der Waals surface area (Å²) in [5.41, 5.74) is 9.33. The number of nitrogens with two attached hydrogens (primary N) is 1. The summed E-state index contributed by atoms with van der Waals surface area (Å²) >= 11 is 0. The van der Waals surface area contributed by atoms with Crippen LogP contribution in [0.5, 0.6) is 5.75 Å². The fourth-order valence-electron chi connectivity index (χ4n) is 3.00. The van der Waals surface area contributed by atoms with Crippen molar-refractivity contribution in [2.24, 2.45) is 0 Å². The highest BCUT2D eigenvalue weighted by molar-refractivity contribution is 5.59. The van der Waals surface area contributed by atoms with Crippen molar-refractivity contribution in [3.63, 3.8) is 0 Å². The monoisotopic (exact) mass is 282 g/mol. The van der Waals surface area contributed by atoms with E-state index in [1.807, 2.05) is 24.3 Å². The molecule has 0 aromatic heterocycles. The number of rotatable bonds is 5. The van der Waals surface area contributed by atoms with Gasteiger partial charge in [0.15, 0.2) is 0 Å². The smallest absolute Gasteiger partial charge is 0.121 e. The molecular weight excluding hydrogens is 260 g/mol. The molecule has 0 saturated heterocycles. The predicted molar refractivity (Wildman–Crippen MR) is 87.9 cm³/mol. The number of hydrogen-bond donors (Lipinski definition) is 1. The predicted octanol–water partition coefficient (Wildman–Crippen LogP) is 3.49. The molecule has 0 fully saturated rings. The molecule has 110 valence electrons. The van der Waals surface area contributed by atoms with Gasteiger partial charge in [0.25, 0.3) is 0 Å². The molecular formula is C18H22N2O. The lowest BCUT2D eigenvalue weighted by Gasteiger charge is -2.24. The van der Waals surface area contributed by atoms with Gasteiger partial charge in [-0.2, -0.15) is 0 Å². The number of para-hydroxylation sites is 1. The van der Waals surface area contributed by atoms with Crippen LogP contribution in [0.4, 0.5) is 11.4 Å². The van der Waals surface area contributed by atoms with E-state index in [0.29, 0.717) is 6.04 Å². The van der Waals surface area contributed by atoms with Crippen molar-refractivity contribution in [1.82, 2.24) is 0 Å². The maximum Gasteiger partial charge on any atom is 0.121 e. The molecule has 0 radical (unpaired) electrons. The van der Waals surface area contributed by atoms with Crippen LogP contribution in [0.15, 0.2) is 48.5 Å². The first-order valence-corrected chi connectivity index (χ1v) is 7.57. The largest absolute Gasteiger partial charge is 0.493 e. The van der Waals surface area contributed by atoms with E-state index >= 15 is 0 Å². The van der Waals surface area contributed by atoms with Crippen LogP contribution in [-0.2, 0) is 6.42 Å². The Balaban J connectivity index is 1.52. The molecule has 0 amide bonds. The third-order valence-corrected chi connectivity index (χ3v) is 4.02. The quantitative estimate of drug-likeness (QED) is 0.674. The summed E-state index contributed by atoms with van der Waals surface area (Å²) in [5.74, 6) is 0.852. The Bertz CT molecular complexity index is 612. The van der Waals surface area contributed by atoms with Crippen molar-refractivity contribution >= 4 is 11.4 Å². The molecule has 3 nitrogen and oxygen atoms in total. The molecule has 3 rings (SSSR count). The van der Waals surface area contributed by atoms with Crippen LogP contribution in [0.3, 0.4) is 0 Å². The van der Waals surface area contributed by atoms with Crippen molar-refractivity contribution in [3.05, 3.63) is 54.1 Å². The molecule has 21 heavy (non-hydrogen) atoms. The lowest BCUT2D eigenvalue weighted by Crippen LogP contribution is -2.31. The van der Waals surface area contributed by atoms with Crippen LogP contribution >= 0.6 is 0 Å². The first-order chi connectivity index (χ1) is 10.2. The number of nitrogens with zero attached hydrogens (tertiary/aromatic N) is 1. The SMILES string of the molecule is CC1Cc2ccccc2N1CCCOc1cccc(N)c1. The van der Waals surface area contributed by atoms with E-state index in [1.54, 1.807) is 0 Å². The second-order valence-electron chi connectivity index (χ2n) is 5.65. The molecule has 1 unspecified atom stereocenters. The normalized spacial score (nSPS) is 16.8. The zero-order valence-corrected chi connectivity index (χ0v) is 12.5. The van der Waals surface area contributed by atoms with Gasteiger partial charge in [-0.05, 0) is 43.5 Å². The number of fused-ring (bicyclic) bond motifs is 1. The zero-order valence-electron chi connectivity index (χ0n) is 12.5. The van der Waals surface area contributed by atoms with E-state index in [2.05, 4.69) is 36.1 Å². The summed E-state index contributed by atoms with van der Waals surface area (Å²) in [6.07, 6.45) is 2.15. The highest BCUT2D eigenvalue weighted by Crippen LogP contribution is 2.31. The summed E-state index contributed by atoms with van der Waals surface area (Å²) in [4.78, 5) is 2.48. The first-order valence-electron chi connectivity index (χ1n) is 7.57. The fraction of sp³-hybridized carbons (Fsp3) is 0.333. The van der Waals surface area contributed by atoms with E-state index in [-0.39, 0.29) is 0 Å². The molecule has 1 atom stereocenters. The van der Waals surface area contributed by atoms with E-state index in [1.165, 1.54) is 11.3 Å². The lowest BCUT2D eigenvalue weighted by molar-refractivity contribution is 0.311. The summed E-state index contributed by atoms with van der Waals surface area (Å²) in [6, 6.07) is 16.9. The number of anilines is 2. The van der Waals surface area contributed by atoms with Crippen LogP contribution in [0, 0.1) is 0 Å². The second kappa shape index (κ2) is 6.08. The van der Waals surface area contributed by atoms with Gasteiger partial charge in [-0.15, -0.1) is 0 Å². The Morgan fingerprint density at radius 1 is 1.19 bits per heavy atom. The molecule has 1 heterocycles.